The summed E-state index contributed by atoms with van der Waals surface area (Å²) >= 11 is 0. The normalized spacial score (nSPS) is 10.3. The molecule has 1 nitrogen and oxygen atoms in total. The Balaban J connectivity index is 1.64. The fourth-order valence-corrected chi connectivity index (χ4v) is 3.42. The lowest BCUT2D eigenvalue weighted by molar-refractivity contribution is 0.600. The van der Waals surface area contributed by atoms with Crippen LogP contribution in [-0.2, 0) is 6.42 Å². The number of hydrogen-bond acceptors (Lipinski definition) is 1. The van der Waals surface area contributed by atoms with E-state index in [4.69, 9.17) is 5.26 Å². The first-order valence-corrected chi connectivity index (χ1v) is 10.7. The van der Waals surface area contributed by atoms with Gasteiger partial charge in [-0.3, -0.25) is 0 Å². The Hall–Kier alpha value is -3.43. The topological polar surface area (TPSA) is 23.8 Å². The highest BCUT2D eigenvalue weighted by atomic mass is 19.1. The molecule has 0 aliphatic heterocycles. The van der Waals surface area contributed by atoms with Crippen molar-refractivity contribution in [3.8, 4) is 29.0 Å². The number of halogens is 2. The van der Waals surface area contributed by atoms with Gasteiger partial charge in [-0.25, -0.2) is 8.78 Å². The van der Waals surface area contributed by atoms with Gasteiger partial charge in [-0.15, -0.1) is 0 Å². The molecule has 0 heterocycles. The van der Waals surface area contributed by atoms with Crippen molar-refractivity contribution >= 4 is 0 Å². The molecule has 0 atom stereocenters. The Bertz CT molecular complexity index is 1110. The highest BCUT2D eigenvalue weighted by Gasteiger charge is 2.11. The van der Waals surface area contributed by atoms with Crippen LogP contribution in [0.3, 0.4) is 0 Å². The summed E-state index contributed by atoms with van der Waals surface area (Å²) in [6.07, 6.45) is 7.50. The van der Waals surface area contributed by atoms with Crippen LogP contribution in [0, 0.1) is 34.8 Å². The van der Waals surface area contributed by atoms with Crippen LogP contribution in [0.15, 0.2) is 60.7 Å². The molecule has 0 saturated carbocycles. The van der Waals surface area contributed by atoms with E-state index in [0.29, 0.717) is 5.56 Å². The molecule has 0 fully saturated rings. The van der Waals surface area contributed by atoms with Gasteiger partial charge in [-0.2, -0.15) is 5.26 Å². The summed E-state index contributed by atoms with van der Waals surface area (Å²) < 4.78 is 28.0. The highest BCUT2D eigenvalue weighted by molar-refractivity contribution is 5.66. The first kappa shape index (κ1) is 22.3. The Morgan fingerprint density at radius 2 is 1.35 bits per heavy atom. The average molecular weight is 414 g/mol. The lowest BCUT2D eigenvalue weighted by Crippen LogP contribution is -1.91. The third-order valence-electron chi connectivity index (χ3n) is 5.25. The van der Waals surface area contributed by atoms with Gasteiger partial charge in [-0.1, -0.05) is 68.7 Å². The zero-order valence-electron chi connectivity index (χ0n) is 17.7. The van der Waals surface area contributed by atoms with Crippen LogP contribution in [-0.4, -0.2) is 0 Å². The molecule has 0 unspecified atom stereocenters. The lowest BCUT2D eigenvalue weighted by Gasteiger charge is -2.05. The molecule has 31 heavy (non-hydrogen) atoms. The van der Waals surface area contributed by atoms with Crippen LogP contribution in [0.2, 0.25) is 0 Å². The maximum atomic E-state index is 14.2. The Morgan fingerprint density at radius 1 is 0.742 bits per heavy atom. The molecule has 0 aliphatic carbocycles. The predicted molar refractivity (Wildman–Crippen MR) is 121 cm³/mol. The minimum absolute atomic E-state index is 0.126. The standard InChI is InChI=1S/C28H25F2N/c1-2-3-4-5-6-7-21-8-10-22(11-9-21)12-13-23-14-16-24(17-15-23)26-19-27(29)25(20-31)18-28(26)30/h8-11,14-19H,2-7H2,1H3. The van der Waals surface area contributed by atoms with E-state index in [1.807, 2.05) is 12.1 Å². The van der Waals surface area contributed by atoms with E-state index in [2.05, 4.69) is 30.9 Å². The second-order valence-corrected chi connectivity index (χ2v) is 7.61. The summed E-state index contributed by atoms with van der Waals surface area (Å²) in [5, 5.41) is 8.80. The van der Waals surface area contributed by atoms with E-state index >= 15 is 0 Å². The molecule has 0 aliphatic rings. The molecule has 3 rings (SSSR count). The monoisotopic (exact) mass is 413 g/mol. The van der Waals surface area contributed by atoms with Crippen LogP contribution >= 0.6 is 0 Å². The first-order valence-electron chi connectivity index (χ1n) is 10.7. The third kappa shape index (κ3) is 6.27. The molecular weight excluding hydrogens is 388 g/mol. The summed E-state index contributed by atoms with van der Waals surface area (Å²) in [6.45, 7) is 2.23. The quantitative estimate of drug-likeness (QED) is 0.292. The van der Waals surface area contributed by atoms with Crippen LogP contribution in [0.5, 0.6) is 0 Å². The van der Waals surface area contributed by atoms with Crippen molar-refractivity contribution in [1.82, 2.24) is 0 Å². The van der Waals surface area contributed by atoms with Gasteiger partial charge in [0, 0.05) is 16.7 Å². The molecule has 0 amide bonds. The van der Waals surface area contributed by atoms with Crippen molar-refractivity contribution in [2.24, 2.45) is 0 Å². The zero-order valence-corrected chi connectivity index (χ0v) is 17.7. The number of rotatable bonds is 7. The number of aryl methyl sites for hydroxylation is 1. The lowest BCUT2D eigenvalue weighted by atomic mass is 10.0. The van der Waals surface area contributed by atoms with Gasteiger partial charge in [-0.05, 0) is 60.4 Å². The van der Waals surface area contributed by atoms with Crippen molar-refractivity contribution in [3.05, 3.63) is 94.6 Å². The second kappa shape index (κ2) is 11.1. The fourth-order valence-electron chi connectivity index (χ4n) is 3.42. The SMILES string of the molecule is CCCCCCCc1ccc(C#Cc2ccc(-c3cc(F)c(C#N)cc3F)cc2)cc1. The van der Waals surface area contributed by atoms with Crippen LogP contribution in [0.1, 0.15) is 61.3 Å². The van der Waals surface area contributed by atoms with E-state index < -0.39 is 11.6 Å². The molecule has 0 saturated heterocycles. The van der Waals surface area contributed by atoms with Gasteiger partial charge in [0.05, 0.1) is 5.56 Å². The molecule has 3 aromatic rings. The second-order valence-electron chi connectivity index (χ2n) is 7.61. The van der Waals surface area contributed by atoms with Crippen LogP contribution in [0.25, 0.3) is 11.1 Å². The summed E-state index contributed by atoms with van der Waals surface area (Å²) in [5.41, 5.74) is 3.43. The molecule has 0 radical (unpaired) electrons. The van der Waals surface area contributed by atoms with Gasteiger partial charge >= 0.3 is 0 Å². The number of hydrogen-bond donors (Lipinski definition) is 0. The molecule has 0 spiro atoms. The molecule has 0 aromatic heterocycles. The Labute approximate surface area is 183 Å². The molecular formula is C28H25F2N. The molecule has 0 N–H and O–H groups in total. The van der Waals surface area contributed by atoms with Crippen molar-refractivity contribution in [2.45, 2.75) is 45.4 Å². The van der Waals surface area contributed by atoms with E-state index in [-0.39, 0.29) is 11.1 Å². The van der Waals surface area contributed by atoms with Crippen molar-refractivity contribution in [2.75, 3.05) is 0 Å². The minimum atomic E-state index is -0.729. The van der Waals surface area contributed by atoms with Gasteiger partial charge in [0.2, 0.25) is 0 Å². The summed E-state index contributed by atoms with van der Waals surface area (Å²) in [4.78, 5) is 0. The van der Waals surface area contributed by atoms with E-state index in [0.717, 1.165) is 29.7 Å². The maximum absolute atomic E-state index is 14.2. The van der Waals surface area contributed by atoms with Gasteiger partial charge in [0.25, 0.3) is 0 Å². The number of benzene rings is 3. The third-order valence-corrected chi connectivity index (χ3v) is 5.25. The van der Waals surface area contributed by atoms with E-state index in [1.165, 1.54) is 37.7 Å². The number of unbranched alkanes of at least 4 members (excludes halogenated alkanes) is 4. The summed E-state index contributed by atoms with van der Waals surface area (Å²) in [5.74, 6) is 4.90. The molecule has 156 valence electrons. The first-order chi connectivity index (χ1) is 15.1. The molecule has 3 heteroatoms. The van der Waals surface area contributed by atoms with Crippen LogP contribution in [0.4, 0.5) is 8.78 Å². The molecule has 3 aromatic carbocycles. The van der Waals surface area contributed by atoms with Gasteiger partial charge < -0.3 is 0 Å². The summed E-state index contributed by atoms with van der Waals surface area (Å²) in [6, 6.07) is 18.9. The number of nitriles is 1. The van der Waals surface area contributed by atoms with E-state index in [9.17, 15) is 8.78 Å². The fraction of sp³-hybridized carbons (Fsp3) is 0.250. The largest absolute Gasteiger partial charge is 0.206 e. The molecule has 0 bridgehead atoms. The Morgan fingerprint density at radius 3 is 1.97 bits per heavy atom. The number of nitrogens with zero attached hydrogens (tertiary/aromatic N) is 1. The van der Waals surface area contributed by atoms with E-state index in [1.54, 1.807) is 30.3 Å². The summed E-state index contributed by atoms with van der Waals surface area (Å²) in [7, 11) is 0. The van der Waals surface area contributed by atoms with Gasteiger partial charge in [0.15, 0.2) is 0 Å². The van der Waals surface area contributed by atoms with Gasteiger partial charge in [0.1, 0.15) is 17.7 Å². The van der Waals surface area contributed by atoms with Crippen LogP contribution < -0.4 is 0 Å². The Kier molecular flexibility index (Phi) is 7.97. The maximum Gasteiger partial charge on any atom is 0.141 e. The predicted octanol–water partition coefficient (Wildman–Crippen LogP) is 7.42. The highest BCUT2D eigenvalue weighted by Crippen LogP contribution is 2.25. The van der Waals surface area contributed by atoms with Crippen molar-refractivity contribution in [3.63, 3.8) is 0 Å². The minimum Gasteiger partial charge on any atom is -0.206 e. The smallest absolute Gasteiger partial charge is 0.141 e. The average Bonchev–Trinajstić information content (AvgIpc) is 2.80. The van der Waals surface area contributed by atoms with Crippen molar-refractivity contribution in [1.29, 1.82) is 5.26 Å². The zero-order chi connectivity index (χ0) is 22.1. The van der Waals surface area contributed by atoms with Crippen molar-refractivity contribution < 1.29 is 8.78 Å².